The second-order valence-corrected chi connectivity index (χ2v) is 4.05. The Balaban J connectivity index is 1.96. The first-order chi connectivity index (χ1) is 10.1. The Kier molecular flexibility index (Phi) is 4.76. The Labute approximate surface area is 119 Å². The van der Waals surface area contributed by atoms with E-state index in [9.17, 15) is 13.6 Å². The van der Waals surface area contributed by atoms with Crippen LogP contribution in [0.5, 0.6) is 5.75 Å². The summed E-state index contributed by atoms with van der Waals surface area (Å²) in [4.78, 5) is 11.3. The molecule has 0 aliphatic carbocycles. The Bertz CT molecular complexity index is 613. The molecule has 0 unspecified atom stereocenters. The lowest BCUT2D eigenvalue weighted by Gasteiger charge is -2.08. The molecular weight excluding hydrogens is 284 g/mol. The van der Waals surface area contributed by atoms with Crippen LogP contribution in [0.15, 0.2) is 41.0 Å². The zero-order chi connectivity index (χ0) is 15.2. The molecule has 0 atom stereocenters. The number of methoxy groups -OCH3 is 1. The van der Waals surface area contributed by atoms with E-state index in [0.29, 0.717) is 17.0 Å². The van der Waals surface area contributed by atoms with Crippen molar-refractivity contribution in [2.24, 2.45) is 0 Å². The molecule has 0 fully saturated rings. The Morgan fingerprint density at radius 2 is 2.19 bits per heavy atom. The van der Waals surface area contributed by atoms with Crippen LogP contribution in [0, 0.1) is 0 Å². The van der Waals surface area contributed by atoms with Gasteiger partial charge in [-0.05, 0) is 18.2 Å². The highest BCUT2D eigenvalue weighted by molar-refractivity contribution is 5.88. The number of carbonyl (C=O) groups excluding carboxylic acids is 1. The standard InChI is InChI=1S/C14H13F2NO4/c1-19-13(18)9-5-12(20-8-9)7-17-10-3-2-4-11(6-10)21-14(15)16/h2-6,8,14,17H,7H2,1H3. The average Bonchev–Trinajstić information content (AvgIpc) is 2.93. The number of anilines is 1. The monoisotopic (exact) mass is 297 g/mol. The van der Waals surface area contributed by atoms with Gasteiger partial charge in [0.25, 0.3) is 0 Å². The molecule has 0 saturated carbocycles. The zero-order valence-corrected chi connectivity index (χ0v) is 11.1. The lowest BCUT2D eigenvalue weighted by molar-refractivity contribution is -0.0498. The maximum absolute atomic E-state index is 12.1. The van der Waals surface area contributed by atoms with Gasteiger partial charge in [-0.15, -0.1) is 0 Å². The van der Waals surface area contributed by atoms with Gasteiger partial charge in [0, 0.05) is 11.8 Å². The highest BCUT2D eigenvalue weighted by Gasteiger charge is 2.10. The number of esters is 1. The molecule has 0 spiro atoms. The van der Waals surface area contributed by atoms with Gasteiger partial charge in [-0.25, -0.2) is 4.79 Å². The predicted molar refractivity (Wildman–Crippen MR) is 70.4 cm³/mol. The van der Waals surface area contributed by atoms with Crippen LogP contribution in [0.3, 0.4) is 0 Å². The minimum absolute atomic E-state index is 0.0599. The van der Waals surface area contributed by atoms with Crippen molar-refractivity contribution in [1.82, 2.24) is 0 Å². The molecule has 0 amide bonds. The van der Waals surface area contributed by atoms with E-state index in [1.807, 2.05) is 0 Å². The molecule has 2 aromatic rings. The summed E-state index contributed by atoms with van der Waals surface area (Å²) in [5.74, 6) is 0.0811. The number of ether oxygens (including phenoxy) is 2. The fourth-order valence-corrected chi connectivity index (χ4v) is 1.67. The summed E-state index contributed by atoms with van der Waals surface area (Å²) < 4.78 is 38.3. The van der Waals surface area contributed by atoms with Gasteiger partial charge in [0.1, 0.15) is 17.8 Å². The van der Waals surface area contributed by atoms with Crippen LogP contribution in [-0.4, -0.2) is 19.7 Å². The van der Waals surface area contributed by atoms with Crippen molar-refractivity contribution in [1.29, 1.82) is 0 Å². The quantitative estimate of drug-likeness (QED) is 0.829. The second-order valence-electron chi connectivity index (χ2n) is 4.05. The minimum atomic E-state index is -2.87. The molecule has 0 aliphatic heterocycles. The molecule has 21 heavy (non-hydrogen) atoms. The van der Waals surface area contributed by atoms with E-state index in [0.717, 1.165) is 0 Å². The van der Waals surface area contributed by atoms with E-state index < -0.39 is 12.6 Å². The van der Waals surface area contributed by atoms with Crippen LogP contribution in [0.2, 0.25) is 0 Å². The molecule has 1 aromatic heterocycles. The van der Waals surface area contributed by atoms with Gasteiger partial charge in [-0.1, -0.05) is 6.07 Å². The molecule has 1 heterocycles. The van der Waals surface area contributed by atoms with Gasteiger partial charge in [0.15, 0.2) is 0 Å². The smallest absolute Gasteiger partial charge is 0.387 e. The lowest BCUT2D eigenvalue weighted by atomic mass is 10.3. The van der Waals surface area contributed by atoms with Crippen molar-refractivity contribution >= 4 is 11.7 Å². The van der Waals surface area contributed by atoms with Gasteiger partial charge < -0.3 is 19.2 Å². The van der Waals surface area contributed by atoms with Gasteiger partial charge in [-0.2, -0.15) is 8.78 Å². The molecule has 7 heteroatoms. The third-order valence-corrected chi connectivity index (χ3v) is 2.60. The number of hydrogen-bond donors (Lipinski definition) is 1. The SMILES string of the molecule is COC(=O)c1coc(CNc2cccc(OC(F)F)c2)c1. The molecule has 0 radical (unpaired) electrons. The van der Waals surface area contributed by atoms with Crippen molar-refractivity contribution in [3.8, 4) is 5.75 Å². The third-order valence-electron chi connectivity index (χ3n) is 2.60. The van der Waals surface area contributed by atoms with Crippen molar-refractivity contribution in [2.75, 3.05) is 12.4 Å². The molecule has 5 nitrogen and oxygen atoms in total. The fourth-order valence-electron chi connectivity index (χ4n) is 1.67. The van der Waals surface area contributed by atoms with Crippen molar-refractivity contribution in [2.45, 2.75) is 13.2 Å². The molecule has 0 aliphatic rings. The number of nitrogens with one attached hydrogen (secondary N) is 1. The normalized spacial score (nSPS) is 10.5. The molecular formula is C14H13F2NO4. The summed E-state index contributed by atoms with van der Waals surface area (Å²) in [6, 6.07) is 7.69. The number of furan rings is 1. The van der Waals surface area contributed by atoms with Crippen molar-refractivity contribution in [3.05, 3.63) is 47.9 Å². The number of hydrogen-bond acceptors (Lipinski definition) is 5. The summed E-state index contributed by atoms with van der Waals surface area (Å²) in [5.41, 5.74) is 0.897. The minimum Gasteiger partial charge on any atom is -0.467 e. The summed E-state index contributed by atoms with van der Waals surface area (Å²) in [6.45, 7) is -2.58. The summed E-state index contributed by atoms with van der Waals surface area (Å²) in [7, 11) is 1.28. The van der Waals surface area contributed by atoms with Crippen LogP contribution in [-0.2, 0) is 11.3 Å². The van der Waals surface area contributed by atoms with E-state index in [1.54, 1.807) is 18.2 Å². The predicted octanol–water partition coefficient (Wildman–Crippen LogP) is 3.28. The maximum atomic E-state index is 12.1. The van der Waals surface area contributed by atoms with Crippen LogP contribution in [0.4, 0.5) is 14.5 Å². The highest BCUT2D eigenvalue weighted by Crippen LogP contribution is 2.20. The Morgan fingerprint density at radius 1 is 1.38 bits per heavy atom. The van der Waals surface area contributed by atoms with Gasteiger partial charge >= 0.3 is 12.6 Å². The maximum Gasteiger partial charge on any atom is 0.387 e. The van der Waals surface area contributed by atoms with E-state index >= 15 is 0 Å². The number of carbonyl (C=O) groups is 1. The summed E-state index contributed by atoms with van der Waals surface area (Å²) in [6.07, 6.45) is 1.29. The average molecular weight is 297 g/mol. The lowest BCUT2D eigenvalue weighted by Crippen LogP contribution is -2.03. The largest absolute Gasteiger partial charge is 0.467 e. The number of alkyl halides is 2. The fraction of sp³-hybridized carbons (Fsp3) is 0.214. The van der Waals surface area contributed by atoms with Crippen LogP contribution >= 0.6 is 0 Å². The topological polar surface area (TPSA) is 60.7 Å². The van der Waals surface area contributed by atoms with Crippen LogP contribution < -0.4 is 10.1 Å². The highest BCUT2D eigenvalue weighted by atomic mass is 19.3. The molecule has 2 rings (SSSR count). The Hall–Kier alpha value is -2.57. The van der Waals surface area contributed by atoms with E-state index in [1.165, 1.54) is 25.5 Å². The van der Waals surface area contributed by atoms with E-state index in [2.05, 4.69) is 14.8 Å². The number of benzene rings is 1. The zero-order valence-electron chi connectivity index (χ0n) is 11.1. The van der Waals surface area contributed by atoms with Crippen molar-refractivity contribution in [3.63, 3.8) is 0 Å². The second kappa shape index (κ2) is 6.74. The molecule has 0 saturated heterocycles. The van der Waals surface area contributed by atoms with E-state index in [4.69, 9.17) is 4.42 Å². The van der Waals surface area contributed by atoms with Gasteiger partial charge in [-0.3, -0.25) is 0 Å². The first-order valence-corrected chi connectivity index (χ1v) is 6.03. The molecule has 112 valence electrons. The van der Waals surface area contributed by atoms with Gasteiger partial charge in [0.05, 0.1) is 19.2 Å². The summed E-state index contributed by atoms with van der Waals surface area (Å²) >= 11 is 0. The Morgan fingerprint density at radius 3 is 2.90 bits per heavy atom. The van der Waals surface area contributed by atoms with E-state index in [-0.39, 0.29) is 12.3 Å². The molecule has 0 bridgehead atoms. The van der Waals surface area contributed by atoms with Crippen molar-refractivity contribution < 1.29 is 27.5 Å². The first-order valence-electron chi connectivity index (χ1n) is 6.03. The summed E-state index contributed by atoms with van der Waals surface area (Å²) in [5, 5.41) is 2.97. The number of halogens is 2. The molecule has 1 aromatic carbocycles. The first kappa shape index (κ1) is 14.8. The van der Waals surface area contributed by atoms with Crippen LogP contribution in [0.25, 0.3) is 0 Å². The number of rotatable bonds is 6. The van der Waals surface area contributed by atoms with Crippen LogP contribution in [0.1, 0.15) is 16.1 Å². The third kappa shape index (κ3) is 4.20. The van der Waals surface area contributed by atoms with Gasteiger partial charge in [0.2, 0.25) is 0 Å². The molecule has 1 N–H and O–H groups in total.